The van der Waals surface area contributed by atoms with E-state index in [0.29, 0.717) is 0 Å². The molecule has 0 rings (SSSR count). The van der Waals surface area contributed by atoms with E-state index in [-0.39, 0.29) is 0 Å². The Morgan fingerprint density at radius 3 is 1.55 bits per heavy atom. The second-order valence-electron chi connectivity index (χ2n) is 3.56. The summed E-state index contributed by atoms with van der Waals surface area (Å²) >= 11 is 0. The highest BCUT2D eigenvalue weighted by Crippen LogP contribution is 2.54. The Morgan fingerprint density at radius 2 is 1.27 bits per heavy atom. The molecule has 0 unspecified atom stereocenters. The lowest BCUT2D eigenvalue weighted by atomic mass is 9.98. The van der Waals surface area contributed by atoms with Gasteiger partial charge in [0.25, 0.3) is 0 Å². The van der Waals surface area contributed by atoms with Crippen LogP contribution in [0.5, 0.6) is 0 Å². The molecule has 15 heteroatoms. The van der Waals surface area contributed by atoms with Crippen LogP contribution in [0.3, 0.4) is 0 Å². The lowest BCUT2D eigenvalue weighted by Gasteiger charge is -2.33. The monoisotopic (exact) mass is 369 g/mol. The van der Waals surface area contributed by atoms with Crippen molar-refractivity contribution in [3.05, 3.63) is 12.2 Å². The molecule has 0 atom stereocenters. The van der Waals surface area contributed by atoms with Crippen molar-refractivity contribution in [2.24, 2.45) is 5.14 Å². The zero-order valence-corrected chi connectivity index (χ0v) is 10.5. The number of hydrogen-bond acceptors (Lipinski definition) is 4. The van der Waals surface area contributed by atoms with Gasteiger partial charge in [0.05, 0.1) is 0 Å². The number of hydrogen-bond donors (Lipinski definition) is 1. The molecule has 5 nitrogen and oxygen atoms in total. The molecule has 130 valence electrons. The largest absolute Gasteiger partial charge is 0.460 e. The van der Waals surface area contributed by atoms with Gasteiger partial charge in [0.15, 0.2) is 0 Å². The molecular weight excluding hydrogens is 365 g/mol. The van der Waals surface area contributed by atoms with Crippen LogP contribution in [-0.2, 0) is 19.3 Å². The molecule has 0 heterocycles. The lowest BCUT2D eigenvalue weighted by molar-refractivity contribution is -0.389. The summed E-state index contributed by atoms with van der Waals surface area (Å²) in [5, 5.41) is 4.01. The van der Waals surface area contributed by atoms with Crippen LogP contribution in [0, 0.1) is 0 Å². The summed E-state index contributed by atoms with van der Waals surface area (Å²) in [5.41, 5.74) is -2.98. The van der Waals surface area contributed by atoms with Crippen molar-refractivity contribution >= 4 is 16.3 Å². The van der Waals surface area contributed by atoms with Gasteiger partial charge in [0.2, 0.25) is 0 Å². The third-order valence-corrected chi connectivity index (χ3v) is 2.35. The van der Waals surface area contributed by atoms with Crippen molar-refractivity contribution in [3.8, 4) is 0 Å². The van der Waals surface area contributed by atoms with E-state index >= 15 is 0 Å². The molecule has 0 fully saturated rings. The minimum absolute atomic E-state index is 1.85. The maximum Gasteiger partial charge on any atom is 0.460 e. The van der Waals surface area contributed by atoms with Gasteiger partial charge in [-0.05, 0) is 0 Å². The predicted molar refractivity (Wildman–Crippen MR) is 49.2 cm³/mol. The molecule has 0 aromatic rings. The van der Waals surface area contributed by atoms with Crippen LogP contribution in [0.2, 0.25) is 0 Å². The second-order valence-corrected chi connectivity index (χ2v) is 4.72. The van der Waals surface area contributed by atoms with Gasteiger partial charge in [-0.25, -0.2) is 4.79 Å². The van der Waals surface area contributed by atoms with Crippen molar-refractivity contribution < 1.29 is 56.9 Å². The van der Waals surface area contributed by atoms with Crippen molar-refractivity contribution in [1.29, 1.82) is 0 Å². The van der Waals surface area contributed by atoms with Crippen molar-refractivity contribution in [2.75, 3.05) is 0 Å². The normalized spacial score (nSPS) is 14.6. The highest BCUT2D eigenvalue weighted by molar-refractivity contribution is 7.84. The second kappa shape index (κ2) is 5.29. The van der Waals surface area contributed by atoms with E-state index in [1.165, 1.54) is 0 Å². The van der Waals surface area contributed by atoms with Crippen LogP contribution in [0.25, 0.3) is 0 Å². The van der Waals surface area contributed by atoms with Gasteiger partial charge in [0, 0.05) is 0 Å². The molecule has 0 amide bonds. The van der Waals surface area contributed by atoms with Crippen LogP contribution >= 0.6 is 0 Å². The van der Waals surface area contributed by atoms with Gasteiger partial charge in [-0.15, -0.1) is 0 Å². The summed E-state index contributed by atoms with van der Waals surface area (Å²) < 4.78 is 135. The van der Waals surface area contributed by atoms with Crippen LogP contribution in [-0.4, -0.2) is 38.3 Å². The van der Waals surface area contributed by atoms with Crippen LogP contribution < -0.4 is 5.14 Å². The highest BCUT2D eigenvalue weighted by Gasteiger charge is 2.82. The van der Waals surface area contributed by atoms with Crippen molar-refractivity contribution in [3.63, 3.8) is 0 Å². The average Bonchev–Trinajstić information content (AvgIpc) is 2.23. The molecule has 0 spiro atoms. The lowest BCUT2D eigenvalue weighted by Crippen LogP contribution is -2.62. The molecular formula is C7H4F9NO4S. The molecule has 0 aliphatic carbocycles. The predicted octanol–water partition coefficient (Wildman–Crippen LogP) is 1.76. The number of carbonyl (C=O) groups excluding carboxylic acids is 1. The zero-order valence-electron chi connectivity index (χ0n) is 9.73. The number of halogens is 9. The summed E-state index contributed by atoms with van der Waals surface area (Å²) in [6, 6.07) is 0. The Kier molecular flexibility index (Phi) is 4.93. The quantitative estimate of drug-likeness (QED) is 0.591. The van der Waals surface area contributed by atoms with Crippen LogP contribution in [0.1, 0.15) is 0 Å². The molecule has 0 aromatic carbocycles. The fourth-order valence-corrected chi connectivity index (χ4v) is 1.16. The van der Waals surface area contributed by atoms with E-state index in [9.17, 15) is 52.7 Å². The number of carbonyl (C=O) groups is 1. The molecule has 0 aliphatic rings. The van der Waals surface area contributed by atoms with Gasteiger partial charge in [-0.1, -0.05) is 6.58 Å². The minimum Gasteiger partial charge on any atom is -0.330 e. The Labute approximate surface area is 115 Å². The van der Waals surface area contributed by atoms with E-state index in [1.54, 1.807) is 0 Å². The van der Waals surface area contributed by atoms with Gasteiger partial charge in [-0.3, -0.25) is 0 Å². The van der Waals surface area contributed by atoms with E-state index < -0.39 is 45.8 Å². The summed E-state index contributed by atoms with van der Waals surface area (Å²) in [5.74, 6) is -23.9. The van der Waals surface area contributed by atoms with Gasteiger partial charge in [-0.2, -0.15) is 53.1 Å². The van der Waals surface area contributed by atoms with E-state index in [2.05, 4.69) is 9.32 Å². The Hall–Kier alpha value is -1.51. The SMILES string of the molecule is C=C(C(=O)OS(N)(=O)=O)C(F)(F)C(F)(F)C(F)(F)C(F)(F)F. The number of alkyl halides is 9. The summed E-state index contributed by atoms with van der Waals surface area (Å²) in [7, 11) is -5.34. The van der Waals surface area contributed by atoms with E-state index in [4.69, 9.17) is 0 Å². The molecule has 0 saturated heterocycles. The number of rotatable bonds is 5. The molecule has 0 aliphatic heterocycles. The molecule has 0 aromatic heterocycles. The summed E-state index contributed by atoms with van der Waals surface area (Å²) in [4.78, 5) is 10.7. The fraction of sp³-hybridized carbons (Fsp3) is 0.571. The maximum absolute atomic E-state index is 13.1. The first-order valence-corrected chi connectivity index (χ1v) is 5.92. The van der Waals surface area contributed by atoms with Crippen molar-refractivity contribution in [1.82, 2.24) is 0 Å². The van der Waals surface area contributed by atoms with Crippen LogP contribution in [0.15, 0.2) is 12.2 Å². The highest BCUT2D eigenvalue weighted by atomic mass is 32.2. The van der Waals surface area contributed by atoms with Gasteiger partial charge in [0.1, 0.15) is 5.57 Å². The van der Waals surface area contributed by atoms with E-state index in [0.717, 1.165) is 0 Å². The molecule has 0 saturated carbocycles. The summed E-state index contributed by atoms with van der Waals surface area (Å²) in [6.45, 7) is 1.85. The third-order valence-electron chi connectivity index (χ3n) is 1.96. The molecule has 0 radical (unpaired) electrons. The fourth-order valence-electron chi connectivity index (χ4n) is 0.849. The zero-order chi connectivity index (χ0) is 18.4. The molecule has 22 heavy (non-hydrogen) atoms. The first kappa shape index (κ1) is 20.5. The topological polar surface area (TPSA) is 86.5 Å². The van der Waals surface area contributed by atoms with Crippen molar-refractivity contribution in [2.45, 2.75) is 23.9 Å². The Morgan fingerprint density at radius 1 is 0.909 bits per heavy atom. The Bertz CT molecular complexity index is 579. The standard InChI is InChI=1S/C7H4F9NO4S/c1-2(3(18)21-22(17,19)20)4(8,9)5(10,11)6(12,13)7(14,15)16/h1H2,(H2,17,19,20). The molecule has 0 bridgehead atoms. The smallest absolute Gasteiger partial charge is 0.330 e. The summed E-state index contributed by atoms with van der Waals surface area (Å²) in [6.07, 6.45) is -7.11. The third kappa shape index (κ3) is 3.45. The van der Waals surface area contributed by atoms with Crippen LogP contribution in [0.4, 0.5) is 39.5 Å². The minimum atomic E-state index is -7.27. The molecule has 2 N–H and O–H groups in total. The van der Waals surface area contributed by atoms with E-state index in [1.807, 2.05) is 6.58 Å². The average molecular weight is 369 g/mol. The number of nitrogens with two attached hydrogens (primary N) is 1. The first-order chi connectivity index (χ1) is 9.29. The maximum atomic E-state index is 13.1. The van der Waals surface area contributed by atoms with Gasteiger partial charge < -0.3 is 4.18 Å². The first-order valence-electron chi connectivity index (χ1n) is 4.45. The Balaban J connectivity index is 5.82. The van der Waals surface area contributed by atoms with Gasteiger partial charge >= 0.3 is 40.2 Å².